The zero-order valence-corrected chi connectivity index (χ0v) is 10.0. The van der Waals surface area contributed by atoms with Gasteiger partial charge in [-0.3, -0.25) is 0 Å². The molecule has 1 aliphatic carbocycles. The van der Waals surface area contributed by atoms with E-state index in [2.05, 4.69) is 0 Å². The average Bonchev–Trinajstić information content (AvgIpc) is 2.77. The monoisotopic (exact) mass is 245 g/mol. The van der Waals surface area contributed by atoms with Gasteiger partial charge in [-0.05, 0) is 24.0 Å². The normalized spacial score (nSPS) is 26.9. The maximum Gasteiger partial charge on any atom is 0.142 e. The third-order valence-corrected chi connectivity index (χ3v) is 4.15. The van der Waals surface area contributed by atoms with E-state index in [0.29, 0.717) is 0 Å². The van der Waals surface area contributed by atoms with Crippen molar-refractivity contribution < 1.29 is 8.78 Å². The predicted molar refractivity (Wildman–Crippen MR) is 60.5 cm³/mol. The molecule has 0 radical (unpaired) electrons. The fourth-order valence-corrected chi connectivity index (χ4v) is 2.89. The highest BCUT2D eigenvalue weighted by atomic mass is 35.5. The van der Waals surface area contributed by atoms with Crippen molar-refractivity contribution in [2.45, 2.75) is 25.7 Å². The van der Waals surface area contributed by atoms with Gasteiger partial charge in [0.05, 0.1) is 5.02 Å². The van der Waals surface area contributed by atoms with Gasteiger partial charge in [0.15, 0.2) is 0 Å². The van der Waals surface area contributed by atoms with Crippen molar-refractivity contribution in [1.29, 1.82) is 0 Å². The number of nitrogens with two attached hydrogens (primary N) is 1. The molecule has 0 bridgehead atoms. The van der Waals surface area contributed by atoms with Gasteiger partial charge in [0.1, 0.15) is 11.6 Å². The van der Waals surface area contributed by atoms with Gasteiger partial charge >= 0.3 is 0 Å². The standard InChI is InChI=1S/C12H14ClF2N/c1-11(2)5-12(11,6-16)9-7(14)3-4-8(15)10(9)13/h3-4H,5-6,16H2,1-2H3. The maximum atomic E-state index is 13.8. The minimum Gasteiger partial charge on any atom is -0.330 e. The van der Waals surface area contributed by atoms with Crippen molar-refractivity contribution >= 4 is 11.6 Å². The molecule has 0 spiro atoms. The van der Waals surface area contributed by atoms with Gasteiger partial charge in [0.25, 0.3) is 0 Å². The lowest BCUT2D eigenvalue weighted by atomic mass is 9.87. The molecule has 2 N–H and O–H groups in total. The summed E-state index contributed by atoms with van der Waals surface area (Å²) in [5.74, 6) is -1.06. The Hall–Kier alpha value is -0.670. The molecule has 16 heavy (non-hydrogen) atoms. The second kappa shape index (κ2) is 3.41. The highest BCUT2D eigenvalue weighted by Crippen LogP contribution is 2.65. The van der Waals surface area contributed by atoms with Crippen LogP contribution in [0, 0.1) is 17.0 Å². The zero-order chi connectivity index (χ0) is 12.1. The molecule has 0 aliphatic heterocycles. The Labute approximate surface area is 98.6 Å². The topological polar surface area (TPSA) is 26.0 Å². The van der Waals surface area contributed by atoms with E-state index in [-0.39, 0.29) is 22.5 Å². The van der Waals surface area contributed by atoms with Crippen LogP contribution >= 0.6 is 11.6 Å². The molecule has 1 saturated carbocycles. The number of rotatable bonds is 2. The Morgan fingerprint density at radius 2 is 1.81 bits per heavy atom. The van der Waals surface area contributed by atoms with Gasteiger partial charge in [0.2, 0.25) is 0 Å². The van der Waals surface area contributed by atoms with Crippen LogP contribution in [0.1, 0.15) is 25.8 Å². The van der Waals surface area contributed by atoms with Crippen LogP contribution < -0.4 is 5.73 Å². The van der Waals surface area contributed by atoms with E-state index in [1.165, 1.54) is 0 Å². The minimum atomic E-state index is -0.589. The first-order valence-corrected chi connectivity index (χ1v) is 5.57. The van der Waals surface area contributed by atoms with Gasteiger partial charge in [-0.2, -0.15) is 0 Å². The van der Waals surface area contributed by atoms with Crippen molar-refractivity contribution in [1.82, 2.24) is 0 Å². The van der Waals surface area contributed by atoms with Gasteiger partial charge < -0.3 is 5.73 Å². The zero-order valence-electron chi connectivity index (χ0n) is 9.28. The van der Waals surface area contributed by atoms with Crippen molar-refractivity contribution in [2.24, 2.45) is 11.1 Å². The van der Waals surface area contributed by atoms with Crippen molar-refractivity contribution in [2.75, 3.05) is 6.54 Å². The summed E-state index contributed by atoms with van der Waals surface area (Å²) >= 11 is 5.86. The van der Waals surface area contributed by atoms with Crippen molar-refractivity contribution in [3.8, 4) is 0 Å². The quantitative estimate of drug-likeness (QED) is 0.796. The van der Waals surface area contributed by atoms with Crippen LogP contribution in [0.15, 0.2) is 12.1 Å². The van der Waals surface area contributed by atoms with Gasteiger partial charge in [-0.1, -0.05) is 25.4 Å². The van der Waals surface area contributed by atoms with Crippen LogP contribution in [0.25, 0.3) is 0 Å². The first-order valence-electron chi connectivity index (χ1n) is 5.20. The lowest BCUT2D eigenvalue weighted by molar-refractivity contribution is 0.473. The Kier molecular flexibility index (Phi) is 2.52. The second-order valence-electron chi connectivity index (χ2n) is 5.07. The van der Waals surface area contributed by atoms with Crippen LogP contribution in [0.4, 0.5) is 8.78 Å². The van der Waals surface area contributed by atoms with Crippen LogP contribution in [-0.4, -0.2) is 6.54 Å². The highest BCUT2D eigenvalue weighted by Gasteiger charge is 2.62. The molecule has 1 fully saturated rings. The molecule has 1 aromatic carbocycles. The molecule has 0 amide bonds. The fourth-order valence-electron chi connectivity index (χ4n) is 2.55. The smallest absolute Gasteiger partial charge is 0.142 e. The van der Waals surface area contributed by atoms with E-state index in [4.69, 9.17) is 17.3 Å². The molecule has 0 aromatic heterocycles. The van der Waals surface area contributed by atoms with E-state index >= 15 is 0 Å². The van der Waals surface area contributed by atoms with E-state index in [9.17, 15) is 8.78 Å². The number of halogens is 3. The SMILES string of the molecule is CC1(C)CC1(CN)c1c(F)ccc(F)c1Cl. The first-order chi connectivity index (χ1) is 7.35. The highest BCUT2D eigenvalue weighted by molar-refractivity contribution is 6.31. The molecule has 1 aliphatic rings. The molecule has 2 rings (SSSR count). The molecule has 4 heteroatoms. The van der Waals surface area contributed by atoms with Gasteiger partial charge in [-0.25, -0.2) is 8.78 Å². The Balaban J connectivity index is 2.61. The summed E-state index contributed by atoms with van der Waals surface area (Å²) in [4.78, 5) is 0. The Morgan fingerprint density at radius 3 is 2.25 bits per heavy atom. The summed E-state index contributed by atoms with van der Waals surface area (Å²) < 4.78 is 27.2. The first kappa shape index (κ1) is 11.8. The summed E-state index contributed by atoms with van der Waals surface area (Å²) in [6.45, 7) is 4.25. The fraction of sp³-hybridized carbons (Fsp3) is 0.500. The molecule has 0 heterocycles. The van der Waals surface area contributed by atoms with Crippen molar-refractivity contribution in [3.63, 3.8) is 0 Å². The van der Waals surface area contributed by atoms with E-state index < -0.39 is 17.0 Å². The summed E-state index contributed by atoms with van der Waals surface area (Å²) in [7, 11) is 0. The molecular weight excluding hydrogens is 232 g/mol. The molecular formula is C12H14ClF2N. The van der Waals surface area contributed by atoms with Gasteiger partial charge in [0, 0.05) is 17.5 Å². The predicted octanol–water partition coefficient (Wildman–Crippen LogP) is 3.24. The molecule has 1 aromatic rings. The van der Waals surface area contributed by atoms with Crippen LogP contribution in [0.3, 0.4) is 0 Å². The van der Waals surface area contributed by atoms with Gasteiger partial charge in [-0.15, -0.1) is 0 Å². The Bertz CT molecular complexity index is 445. The molecule has 88 valence electrons. The molecule has 1 unspecified atom stereocenters. The van der Waals surface area contributed by atoms with E-state index in [1.807, 2.05) is 13.8 Å². The lowest BCUT2D eigenvalue weighted by Gasteiger charge is -2.21. The van der Waals surface area contributed by atoms with Crippen LogP contribution in [-0.2, 0) is 5.41 Å². The van der Waals surface area contributed by atoms with Crippen molar-refractivity contribution in [3.05, 3.63) is 34.4 Å². The van der Waals surface area contributed by atoms with E-state index in [0.717, 1.165) is 18.6 Å². The van der Waals surface area contributed by atoms with Crippen LogP contribution in [0.2, 0.25) is 5.02 Å². The Morgan fingerprint density at radius 1 is 1.31 bits per heavy atom. The molecule has 1 nitrogen and oxygen atoms in total. The third-order valence-electron chi connectivity index (χ3n) is 3.79. The summed E-state index contributed by atoms with van der Waals surface area (Å²) in [5.41, 5.74) is 5.31. The number of benzene rings is 1. The number of hydrogen-bond acceptors (Lipinski definition) is 1. The second-order valence-corrected chi connectivity index (χ2v) is 5.44. The minimum absolute atomic E-state index is 0.125. The largest absolute Gasteiger partial charge is 0.330 e. The summed E-state index contributed by atoms with van der Waals surface area (Å²) in [6.07, 6.45) is 0.733. The van der Waals surface area contributed by atoms with Crippen LogP contribution in [0.5, 0.6) is 0 Å². The molecule has 0 saturated heterocycles. The summed E-state index contributed by atoms with van der Waals surface area (Å²) in [6, 6.07) is 2.16. The maximum absolute atomic E-state index is 13.8. The van der Waals surface area contributed by atoms with E-state index in [1.54, 1.807) is 0 Å². The lowest BCUT2D eigenvalue weighted by Crippen LogP contribution is -2.27. The third kappa shape index (κ3) is 1.38. The average molecular weight is 246 g/mol. The summed E-state index contributed by atoms with van der Waals surface area (Å²) in [5, 5.41) is -0.129. The number of hydrogen-bond donors (Lipinski definition) is 1. The molecule has 1 atom stereocenters.